The highest BCUT2D eigenvalue weighted by molar-refractivity contribution is 9.10. The van der Waals surface area contributed by atoms with Gasteiger partial charge in [-0.2, -0.15) is 0 Å². The van der Waals surface area contributed by atoms with E-state index in [9.17, 15) is 13.2 Å². The molecule has 1 amide bonds. The number of hydrogen-bond donors (Lipinski definition) is 3. The van der Waals surface area contributed by atoms with E-state index in [-0.39, 0.29) is 29.6 Å². The number of carbonyl (C=O) groups excluding carboxylic acids is 1. The number of amides is 1. The van der Waals surface area contributed by atoms with Gasteiger partial charge in [0, 0.05) is 36.0 Å². The highest BCUT2D eigenvalue weighted by atomic mass is 79.9. The van der Waals surface area contributed by atoms with E-state index in [4.69, 9.17) is 24.3 Å². The molecule has 10 nitrogen and oxygen atoms in total. The van der Waals surface area contributed by atoms with Gasteiger partial charge in [-0.15, -0.1) is 0 Å². The van der Waals surface area contributed by atoms with Gasteiger partial charge in [-0.25, -0.2) is 18.8 Å². The minimum absolute atomic E-state index is 0.0271. The zero-order valence-electron chi connectivity index (χ0n) is 25.8. The first kappa shape index (κ1) is 34.1. The van der Waals surface area contributed by atoms with E-state index in [1.807, 2.05) is 48.5 Å². The fourth-order valence-corrected chi connectivity index (χ4v) is 6.77. The normalized spacial score (nSPS) is 17.4. The van der Waals surface area contributed by atoms with E-state index in [1.165, 1.54) is 12.1 Å². The van der Waals surface area contributed by atoms with Crippen molar-refractivity contribution in [2.24, 2.45) is 4.99 Å². The standard InChI is InChI=1S/C35H36BrN3O7S/c1-44-29-16-8-25(9-17-29)24-37-39-34(41)35(20-23-47(42,43)31-6-3-2-4-7-31)32(26-10-14-28(36)15-11-26)46-33(38-35)27-12-18-30(19-13-27)45-22-5-21-40/h2-4,6-19,32,37,40H,5,20-24H2,1H3,(H,39,41)/t32-,35-/m0/s1. The van der Waals surface area contributed by atoms with Gasteiger partial charge in [0.2, 0.25) is 5.90 Å². The number of carbonyl (C=O) groups is 1. The number of hydrogen-bond acceptors (Lipinski definition) is 9. The highest BCUT2D eigenvalue weighted by Crippen LogP contribution is 2.43. The molecular formula is C35H36BrN3O7S. The molecule has 5 rings (SSSR count). The van der Waals surface area contributed by atoms with Crippen molar-refractivity contribution in [3.8, 4) is 11.5 Å². The summed E-state index contributed by atoms with van der Waals surface area (Å²) in [6.45, 7) is 0.688. The topological polar surface area (TPSA) is 136 Å². The Hall–Kier alpha value is -4.23. The fraction of sp³-hybridized carbons (Fsp3) is 0.257. The summed E-state index contributed by atoms with van der Waals surface area (Å²) in [5.74, 6) is 0.617. The van der Waals surface area contributed by atoms with E-state index < -0.39 is 27.4 Å². The van der Waals surface area contributed by atoms with Crippen molar-refractivity contribution in [1.29, 1.82) is 0 Å². The number of aliphatic imine (C=N–C) groups is 1. The molecule has 4 aromatic carbocycles. The number of hydrazine groups is 1. The second-order valence-electron chi connectivity index (χ2n) is 10.9. The Morgan fingerprint density at radius 3 is 2.30 bits per heavy atom. The summed E-state index contributed by atoms with van der Waals surface area (Å²) in [5, 5.41) is 9.06. The number of methoxy groups -OCH3 is 1. The van der Waals surface area contributed by atoms with Crippen molar-refractivity contribution in [3.63, 3.8) is 0 Å². The van der Waals surface area contributed by atoms with Gasteiger partial charge in [0.15, 0.2) is 21.5 Å². The van der Waals surface area contributed by atoms with Crippen LogP contribution in [0.5, 0.6) is 11.5 Å². The molecule has 2 atom stereocenters. The Labute approximate surface area is 282 Å². The summed E-state index contributed by atoms with van der Waals surface area (Å²) in [4.78, 5) is 19.4. The minimum atomic E-state index is -3.78. The second kappa shape index (κ2) is 15.6. The number of ether oxygens (including phenoxy) is 3. The van der Waals surface area contributed by atoms with Crippen molar-refractivity contribution < 1.29 is 32.5 Å². The number of benzene rings is 4. The average molecular weight is 723 g/mol. The third-order valence-electron chi connectivity index (χ3n) is 7.71. The van der Waals surface area contributed by atoms with Crippen LogP contribution in [0.25, 0.3) is 0 Å². The van der Waals surface area contributed by atoms with Crippen LogP contribution in [-0.4, -0.2) is 56.9 Å². The molecule has 1 aliphatic rings. The van der Waals surface area contributed by atoms with Gasteiger partial charge >= 0.3 is 0 Å². The number of aliphatic hydroxyl groups excluding tert-OH is 1. The lowest BCUT2D eigenvalue weighted by atomic mass is 9.85. The molecule has 0 aromatic heterocycles. The van der Waals surface area contributed by atoms with Crippen molar-refractivity contribution in [1.82, 2.24) is 10.9 Å². The van der Waals surface area contributed by atoms with Crippen LogP contribution < -0.4 is 20.3 Å². The molecule has 0 aliphatic carbocycles. The zero-order chi connectivity index (χ0) is 33.3. The summed E-state index contributed by atoms with van der Waals surface area (Å²) in [7, 11) is -2.19. The molecule has 0 unspecified atom stereocenters. The lowest BCUT2D eigenvalue weighted by Gasteiger charge is -2.30. The van der Waals surface area contributed by atoms with Gasteiger partial charge in [0.1, 0.15) is 11.5 Å². The van der Waals surface area contributed by atoms with Gasteiger partial charge in [0.05, 0.1) is 24.4 Å². The van der Waals surface area contributed by atoms with E-state index in [0.29, 0.717) is 42.2 Å². The Balaban J connectivity index is 1.49. The minimum Gasteiger partial charge on any atom is -0.497 e. The van der Waals surface area contributed by atoms with Crippen LogP contribution in [0.1, 0.15) is 35.6 Å². The monoisotopic (exact) mass is 721 g/mol. The maximum absolute atomic E-state index is 14.3. The fourth-order valence-electron chi connectivity index (χ4n) is 5.12. The average Bonchev–Trinajstić information content (AvgIpc) is 3.50. The number of aliphatic hydroxyl groups is 1. The second-order valence-corrected chi connectivity index (χ2v) is 13.9. The first-order chi connectivity index (χ1) is 22.7. The lowest BCUT2D eigenvalue weighted by molar-refractivity contribution is -0.130. The van der Waals surface area contributed by atoms with Crippen molar-refractivity contribution in [2.75, 3.05) is 26.1 Å². The predicted octanol–water partition coefficient (Wildman–Crippen LogP) is 5.16. The van der Waals surface area contributed by atoms with Gasteiger partial charge in [0.25, 0.3) is 5.91 Å². The number of rotatable bonds is 15. The Morgan fingerprint density at radius 2 is 1.64 bits per heavy atom. The number of sulfone groups is 1. The Morgan fingerprint density at radius 1 is 0.957 bits per heavy atom. The van der Waals surface area contributed by atoms with Gasteiger partial charge in [-0.05, 0) is 71.8 Å². The van der Waals surface area contributed by atoms with Crippen molar-refractivity contribution in [3.05, 3.63) is 124 Å². The van der Waals surface area contributed by atoms with Crippen molar-refractivity contribution in [2.45, 2.75) is 35.9 Å². The smallest absolute Gasteiger partial charge is 0.266 e. The lowest BCUT2D eigenvalue weighted by Crippen LogP contribution is -2.53. The number of halogens is 1. The van der Waals surface area contributed by atoms with Crippen LogP contribution >= 0.6 is 15.9 Å². The maximum Gasteiger partial charge on any atom is 0.266 e. The van der Waals surface area contributed by atoms with Crippen molar-refractivity contribution >= 4 is 37.6 Å². The molecule has 0 fully saturated rings. The van der Waals surface area contributed by atoms with E-state index in [2.05, 4.69) is 26.8 Å². The largest absolute Gasteiger partial charge is 0.497 e. The molecule has 1 aliphatic heterocycles. The van der Waals surface area contributed by atoms with Gasteiger partial charge in [-0.3, -0.25) is 10.2 Å². The van der Waals surface area contributed by atoms with Crippen LogP contribution in [0.2, 0.25) is 0 Å². The molecule has 0 saturated heterocycles. The first-order valence-electron chi connectivity index (χ1n) is 15.0. The molecule has 0 spiro atoms. The molecule has 3 N–H and O–H groups in total. The van der Waals surface area contributed by atoms with E-state index >= 15 is 0 Å². The predicted molar refractivity (Wildman–Crippen MR) is 182 cm³/mol. The summed E-state index contributed by atoms with van der Waals surface area (Å²) >= 11 is 3.47. The summed E-state index contributed by atoms with van der Waals surface area (Å²) in [5.41, 5.74) is 6.25. The number of nitrogens with one attached hydrogen (secondary N) is 2. The SMILES string of the molecule is COc1ccc(CNNC(=O)[C@@]2(CCS(=O)(=O)c3ccccc3)N=C(c3ccc(OCCCO)cc3)O[C@H]2c2ccc(Br)cc2)cc1. The zero-order valence-corrected chi connectivity index (χ0v) is 28.2. The molecular weight excluding hydrogens is 686 g/mol. The third-order valence-corrected chi connectivity index (χ3v) is 9.97. The number of nitrogens with zero attached hydrogens (tertiary/aromatic N) is 1. The Kier molecular flexibility index (Phi) is 11.3. The summed E-state index contributed by atoms with van der Waals surface area (Å²) < 4.78 is 45.2. The van der Waals surface area contributed by atoms with Crippen LogP contribution in [0.4, 0.5) is 0 Å². The van der Waals surface area contributed by atoms with Gasteiger partial charge in [-0.1, -0.05) is 58.4 Å². The third kappa shape index (κ3) is 8.38. The summed E-state index contributed by atoms with van der Waals surface area (Å²) in [6, 6.07) is 29.9. The Bertz CT molecular complexity index is 1770. The molecule has 0 bridgehead atoms. The molecule has 246 valence electrons. The maximum atomic E-state index is 14.3. The van der Waals surface area contributed by atoms with Crippen LogP contribution in [0.15, 0.2) is 117 Å². The summed E-state index contributed by atoms with van der Waals surface area (Å²) in [6.07, 6.45) is -0.602. The van der Waals surface area contributed by atoms with E-state index in [0.717, 1.165) is 10.0 Å². The highest BCUT2D eigenvalue weighted by Gasteiger charge is 2.53. The first-order valence-corrected chi connectivity index (χ1v) is 17.5. The molecule has 0 saturated carbocycles. The van der Waals surface area contributed by atoms with Crippen LogP contribution in [0, 0.1) is 0 Å². The molecule has 1 heterocycles. The van der Waals surface area contributed by atoms with E-state index in [1.54, 1.807) is 49.6 Å². The van der Waals surface area contributed by atoms with Crippen LogP contribution in [0.3, 0.4) is 0 Å². The quantitative estimate of drug-likeness (QED) is 0.113. The van der Waals surface area contributed by atoms with Crippen LogP contribution in [-0.2, 0) is 25.9 Å². The molecule has 4 aromatic rings. The van der Waals surface area contributed by atoms with Gasteiger partial charge < -0.3 is 19.3 Å². The molecule has 0 radical (unpaired) electrons. The molecule has 47 heavy (non-hydrogen) atoms. The molecule has 12 heteroatoms.